The Hall–Kier alpha value is -3.09. The van der Waals surface area contributed by atoms with Gasteiger partial charge in [0.15, 0.2) is 17.5 Å². The fraction of sp³-hybridized carbons (Fsp3) is 0.381. The van der Waals surface area contributed by atoms with Crippen LogP contribution in [0.2, 0.25) is 0 Å². The number of nitrogens with zero attached hydrogens (tertiary/aromatic N) is 1. The first-order valence-electron chi connectivity index (χ1n) is 9.01. The number of ether oxygens (including phenoxy) is 4. The summed E-state index contributed by atoms with van der Waals surface area (Å²) in [6.45, 7) is 1.32. The van der Waals surface area contributed by atoms with Crippen molar-refractivity contribution < 1.29 is 18.9 Å². The van der Waals surface area contributed by atoms with Gasteiger partial charge in [-0.2, -0.15) is 0 Å². The highest BCUT2D eigenvalue weighted by Gasteiger charge is 2.07. The van der Waals surface area contributed by atoms with Crippen LogP contribution in [0.15, 0.2) is 41.4 Å². The van der Waals surface area contributed by atoms with Crippen molar-refractivity contribution in [2.24, 2.45) is 4.99 Å². The summed E-state index contributed by atoms with van der Waals surface area (Å²) < 4.78 is 21.3. The molecular formula is C21H29N3O4. The van der Waals surface area contributed by atoms with Crippen LogP contribution in [-0.2, 0) is 13.0 Å². The van der Waals surface area contributed by atoms with E-state index in [-0.39, 0.29) is 0 Å². The Balaban J connectivity index is 1.90. The molecule has 2 rings (SSSR count). The Morgan fingerprint density at radius 3 is 2.18 bits per heavy atom. The number of benzene rings is 2. The minimum Gasteiger partial charge on any atom is -0.497 e. The zero-order chi connectivity index (χ0) is 20.4. The van der Waals surface area contributed by atoms with Gasteiger partial charge in [0.1, 0.15) is 11.5 Å². The summed E-state index contributed by atoms with van der Waals surface area (Å²) in [5.41, 5.74) is 2.14. The van der Waals surface area contributed by atoms with Gasteiger partial charge in [0.25, 0.3) is 0 Å². The van der Waals surface area contributed by atoms with Crippen molar-refractivity contribution in [1.82, 2.24) is 10.6 Å². The number of rotatable bonds is 9. The topological polar surface area (TPSA) is 73.3 Å². The molecule has 2 aromatic carbocycles. The lowest BCUT2D eigenvalue weighted by atomic mass is 10.1. The molecule has 0 saturated heterocycles. The molecule has 0 heterocycles. The maximum atomic E-state index is 5.42. The molecule has 7 heteroatoms. The van der Waals surface area contributed by atoms with Gasteiger partial charge in [-0.1, -0.05) is 6.07 Å². The van der Waals surface area contributed by atoms with E-state index < -0.39 is 0 Å². The Kier molecular flexibility index (Phi) is 8.27. The molecule has 0 saturated carbocycles. The summed E-state index contributed by atoms with van der Waals surface area (Å²) in [5.74, 6) is 3.79. The Morgan fingerprint density at radius 2 is 1.54 bits per heavy atom. The smallest absolute Gasteiger partial charge is 0.191 e. The van der Waals surface area contributed by atoms with Gasteiger partial charge in [-0.3, -0.25) is 4.99 Å². The predicted molar refractivity (Wildman–Crippen MR) is 111 cm³/mol. The summed E-state index contributed by atoms with van der Waals surface area (Å²) >= 11 is 0. The lowest BCUT2D eigenvalue weighted by Crippen LogP contribution is -2.37. The highest BCUT2D eigenvalue weighted by molar-refractivity contribution is 5.79. The number of aliphatic imine (C=N–C) groups is 1. The van der Waals surface area contributed by atoms with E-state index in [0.717, 1.165) is 35.0 Å². The summed E-state index contributed by atoms with van der Waals surface area (Å²) in [6, 6.07) is 11.6. The monoisotopic (exact) mass is 387 g/mol. The Morgan fingerprint density at radius 1 is 0.821 bits per heavy atom. The predicted octanol–water partition coefficient (Wildman–Crippen LogP) is 2.63. The number of nitrogens with one attached hydrogen (secondary N) is 2. The third-order valence-electron chi connectivity index (χ3n) is 4.31. The van der Waals surface area contributed by atoms with Gasteiger partial charge in [0.05, 0.1) is 28.4 Å². The average molecular weight is 387 g/mol. The van der Waals surface area contributed by atoms with Crippen LogP contribution in [-0.4, -0.2) is 48.0 Å². The average Bonchev–Trinajstić information content (AvgIpc) is 2.75. The van der Waals surface area contributed by atoms with Gasteiger partial charge in [0, 0.05) is 20.1 Å². The molecule has 0 fully saturated rings. The van der Waals surface area contributed by atoms with Crippen LogP contribution >= 0.6 is 0 Å². The maximum Gasteiger partial charge on any atom is 0.191 e. The second-order valence-corrected chi connectivity index (χ2v) is 5.97. The second kappa shape index (κ2) is 10.9. The van der Waals surface area contributed by atoms with Crippen molar-refractivity contribution in [3.8, 4) is 23.0 Å². The lowest BCUT2D eigenvalue weighted by molar-refractivity contribution is 0.354. The molecule has 0 amide bonds. The molecule has 28 heavy (non-hydrogen) atoms. The highest BCUT2D eigenvalue weighted by Crippen LogP contribution is 2.27. The molecule has 7 nitrogen and oxygen atoms in total. The van der Waals surface area contributed by atoms with E-state index in [2.05, 4.69) is 15.6 Å². The third kappa shape index (κ3) is 5.70. The van der Waals surface area contributed by atoms with Crippen molar-refractivity contribution in [1.29, 1.82) is 0 Å². The largest absolute Gasteiger partial charge is 0.497 e. The molecule has 0 aromatic heterocycles. The van der Waals surface area contributed by atoms with Crippen molar-refractivity contribution in [2.75, 3.05) is 42.0 Å². The molecule has 0 aliphatic rings. The zero-order valence-electron chi connectivity index (χ0n) is 17.2. The molecule has 0 atom stereocenters. The van der Waals surface area contributed by atoms with Gasteiger partial charge >= 0.3 is 0 Å². The Bertz CT molecular complexity index is 793. The van der Waals surface area contributed by atoms with Gasteiger partial charge in [-0.15, -0.1) is 0 Å². The van der Waals surface area contributed by atoms with E-state index in [1.807, 2.05) is 36.4 Å². The van der Waals surface area contributed by atoms with Crippen LogP contribution in [0.4, 0.5) is 0 Å². The fourth-order valence-electron chi connectivity index (χ4n) is 2.79. The van der Waals surface area contributed by atoms with Crippen molar-refractivity contribution in [3.63, 3.8) is 0 Å². The molecule has 0 aliphatic heterocycles. The van der Waals surface area contributed by atoms with E-state index >= 15 is 0 Å². The molecule has 0 aliphatic carbocycles. The second-order valence-electron chi connectivity index (χ2n) is 5.97. The summed E-state index contributed by atoms with van der Waals surface area (Å²) in [7, 11) is 8.32. The molecule has 152 valence electrons. The van der Waals surface area contributed by atoms with Crippen LogP contribution in [0.3, 0.4) is 0 Å². The maximum absolute atomic E-state index is 5.42. The van der Waals surface area contributed by atoms with Crippen molar-refractivity contribution in [2.45, 2.75) is 13.0 Å². The fourth-order valence-corrected chi connectivity index (χ4v) is 2.79. The van der Waals surface area contributed by atoms with E-state index in [4.69, 9.17) is 18.9 Å². The number of methoxy groups -OCH3 is 4. The quantitative estimate of drug-likeness (QED) is 0.509. The van der Waals surface area contributed by atoms with Gasteiger partial charge in [0.2, 0.25) is 0 Å². The lowest BCUT2D eigenvalue weighted by Gasteiger charge is -2.14. The first kappa shape index (κ1) is 21.2. The molecule has 2 aromatic rings. The molecule has 0 radical (unpaired) electrons. The third-order valence-corrected chi connectivity index (χ3v) is 4.31. The molecular weight excluding hydrogens is 358 g/mol. The minimum atomic E-state index is 0.614. The van der Waals surface area contributed by atoms with Crippen molar-refractivity contribution in [3.05, 3.63) is 47.5 Å². The van der Waals surface area contributed by atoms with Crippen LogP contribution < -0.4 is 29.6 Å². The summed E-state index contributed by atoms with van der Waals surface area (Å²) in [5, 5.41) is 6.61. The van der Waals surface area contributed by atoms with E-state index in [9.17, 15) is 0 Å². The van der Waals surface area contributed by atoms with Gasteiger partial charge < -0.3 is 29.6 Å². The molecule has 0 unspecified atom stereocenters. The first-order valence-corrected chi connectivity index (χ1v) is 9.01. The van der Waals surface area contributed by atoms with Gasteiger partial charge in [-0.25, -0.2) is 0 Å². The van der Waals surface area contributed by atoms with E-state index in [1.54, 1.807) is 35.5 Å². The minimum absolute atomic E-state index is 0.614. The first-order chi connectivity index (χ1) is 13.6. The standard InChI is InChI=1S/C21H29N3O4/c1-22-21(24-14-15-6-8-19(27-4)20(12-15)28-5)23-11-10-16-13-17(25-2)7-9-18(16)26-3/h6-9,12-13H,10-11,14H2,1-5H3,(H2,22,23,24). The van der Waals surface area contributed by atoms with Crippen LogP contribution in [0.1, 0.15) is 11.1 Å². The normalized spacial score (nSPS) is 11.0. The van der Waals surface area contributed by atoms with Crippen LogP contribution in [0, 0.1) is 0 Å². The Labute approximate surface area is 166 Å². The van der Waals surface area contributed by atoms with Crippen LogP contribution in [0.25, 0.3) is 0 Å². The number of guanidine groups is 1. The van der Waals surface area contributed by atoms with E-state index in [1.165, 1.54) is 0 Å². The number of hydrogen-bond acceptors (Lipinski definition) is 5. The molecule has 0 spiro atoms. The number of hydrogen-bond donors (Lipinski definition) is 2. The SMILES string of the molecule is CN=C(NCCc1cc(OC)ccc1OC)NCc1ccc(OC)c(OC)c1. The zero-order valence-corrected chi connectivity index (χ0v) is 17.2. The van der Waals surface area contributed by atoms with Gasteiger partial charge in [-0.05, 0) is 47.9 Å². The summed E-state index contributed by atoms with van der Waals surface area (Å²) in [4.78, 5) is 4.27. The van der Waals surface area contributed by atoms with Crippen molar-refractivity contribution >= 4 is 5.96 Å². The van der Waals surface area contributed by atoms with E-state index in [0.29, 0.717) is 24.6 Å². The summed E-state index contributed by atoms with van der Waals surface area (Å²) in [6.07, 6.45) is 0.775. The molecule has 2 N–H and O–H groups in total. The van der Waals surface area contributed by atoms with Crippen LogP contribution in [0.5, 0.6) is 23.0 Å². The highest BCUT2D eigenvalue weighted by atomic mass is 16.5. The molecule has 0 bridgehead atoms.